The molecule has 6 heteroatoms. The van der Waals surface area contributed by atoms with Crippen LogP contribution in [0, 0.1) is 14.0 Å². The molecule has 0 aromatic carbocycles. The molecule has 2 radical (unpaired) electrons. The summed E-state index contributed by atoms with van der Waals surface area (Å²) in [6.45, 7) is 1.48. The highest BCUT2D eigenvalue weighted by atomic mass is 32.1. The highest BCUT2D eigenvalue weighted by Gasteiger charge is 2.43. The first kappa shape index (κ1) is 10.5. The van der Waals surface area contributed by atoms with Crippen LogP contribution in [0.25, 0.3) is 0 Å². The Balaban J connectivity index is 2.98. The van der Waals surface area contributed by atoms with E-state index in [1.807, 2.05) is 0 Å². The fourth-order valence-electron chi connectivity index (χ4n) is 0.850. The maximum atomic E-state index is 12.2. The summed E-state index contributed by atoms with van der Waals surface area (Å²) in [5.41, 5.74) is 1.61. The van der Waals surface area contributed by atoms with Crippen LogP contribution in [0.4, 0.5) is 13.2 Å². The van der Waals surface area contributed by atoms with Crippen LogP contribution in [0.3, 0.4) is 0 Å². The van der Waals surface area contributed by atoms with Crippen molar-refractivity contribution in [2.75, 3.05) is 0 Å². The lowest BCUT2D eigenvalue weighted by atomic mass is 10.2. The van der Waals surface area contributed by atoms with Gasteiger partial charge in [0.25, 0.3) is 0 Å². The van der Waals surface area contributed by atoms with Crippen LogP contribution >= 0.6 is 11.3 Å². The molecule has 0 amide bonds. The van der Waals surface area contributed by atoms with Gasteiger partial charge < -0.3 is 4.74 Å². The van der Waals surface area contributed by atoms with E-state index in [2.05, 4.69) is 16.8 Å². The lowest BCUT2D eigenvalue weighted by molar-refractivity contribution is -0.209. The van der Waals surface area contributed by atoms with Gasteiger partial charge in [-0.25, -0.2) is 4.98 Å². The van der Waals surface area contributed by atoms with Crippen LogP contribution in [0.1, 0.15) is 16.7 Å². The highest BCUT2D eigenvalue weighted by Crippen LogP contribution is 2.38. The van der Waals surface area contributed by atoms with E-state index in [0.29, 0.717) is 0 Å². The Kier molecular flexibility index (Phi) is 2.92. The second-order valence-electron chi connectivity index (χ2n) is 2.36. The predicted molar refractivity (Wildman–Crippen MR) is 41.0 cm³/mol. The Morgan fingerprint density at radius 2 is 2.23 bits per heavy atom. The molecule has 0 aliphatic rings. The van der Waals surface area contributed by atoms with Crippen LogP contribution in [0.2, 0.25) is 0 Å². The van der Waals surface area contributed by atoms with Gasteiger partial charge in [-0.3, -0.25) is 0 Å². The first-order chi connectivity index (χ1) is 5.96. The molecule has 1 aromatic heterocycles. The van der Waals surface area contributed by atoms with E-state index in [4.69, 9.17) is 0 Å². The van der Waals surface area contributed by atoms with E-state index >= 15 is 0 Å². The van der Waals surface area contributed by atoms with Crippen LogP contribution in [-0.2, 0) is 4.74 Å². The molecule has 72 valence electrons. The summed E-state index contributed by atoms with van der Waals surface area (Å²) in [6.07, 6.45) is -6.56. The Hall–Kier alpha value is -0.620. The molecule has 1 atom stereocenters. The summed E-state index contributed by atoms with van der Waals surface area (Å²) < 4.78 is 40.6. The minimum absolute atomic E-state index is 0.00463. The molecule has 1 rings (SSSR count). The van der Waals surface area contributed by atoms with Crippen molar-refractivity contribution in [3.63, 3.8) is 0 Å². The van der Waals surface area contributed by atoms with Gasteiger partial charge in [0.1, 0.15) is 7.11 Å². The van der Waals surface area contributed by atoms with Gasteiger partial charge in [0.2, 0.25) is 0 Å². The quantitative estimate of drug-likeness (QED) is 0.747. The summed E-state index contributed by atoms with van der Waals surface area (Å²) in [6, 6.07) is 0. The number of rotatable bonds is 2. The molecular formula is C7H6F3NOS. The second-order valence-corrected chi connectivity index (χ2v) is 3.25. The third kappa shape index (κ3) is 2.19. The van der Waals surface area contributed by atoms with E-state index in [0.717, 1.165) is 11.3 Å². The molecule has 2 nitrogen and oxygen atoms in total. The molecule has 0 aliphatic carbocycles. The summed E-state index contributed by atoms with van der Waals surface area (Å²) in [7, 11) is 4.58. The van der Waals surface area contributed by atoms with E-state index in [1.54, 1.807) is 0 Å². The molecule has 1 heterocycles. The van der Waals surface area contributed by atoms with Crippen LogP contribution in [-0.4, -0.2) is 11.2 Å². The number of nitrogens with zero attached hydrogens (tertiary/aromatic N) is 1. The summed E-state index contributed by atoms with van der Waals surface area (Å²) >= 11 is 0.873. The van der Waals surface area contributed by atoms with Crippen LogP contribution < -0.4 is 0 Å². The van der Waals surface area contributed by atoms with Gasteiger partial charge in [-0.05, 0) is 6.92 Å². The fraction of sp³-hybridized carbons (Fsp3) is 0.429. The Morgan fingerprint density at radius 1 is 1.62 bits per heavy atom. The van der Waals surface area contributed by atoms with Crippen LogP contribution in [0.5, 0.6) is 0 Å². The average molecular weight is 209 g/mol. The third-order valence-electron chi connectivity index (χ3n) is 1.45. The zero-order valence-electron chi connectivity index (χ0n) is 6.63. The predicted octanol–water partition coefficient (Wildman–Crippen LogP) is 2.74. The Morgan fingerprint density at radius 3 is 2.54 bits per heavy atom. The number of hydrogen-bond donors (Lipinski definition) is 0. The van der Waals surface area contributed by atoms with Crippen molar-refractivity contribution in [1.82, 2.24) is 4.98 Å². The van der Waals surface area contributed by atoms with Gasteiger partial charge in [-0.2, -0.15) is 13.2 Å². The molecule has 0 fully saturated rings. The van der Waals surface area contributed by atoms with Crippen molar-refractivity contribution in [3.8, 4) is 0 Å². The highest BCUT2D eigenvalue weighted by molar-refractivity contribution is 7.09. The molecule has 0 saturated heterocycles. The van der Waals surface area contributed by atoms with Gasteiger partial charge in [0, 0.05) is 0 Å². The van der Waals surface area contributed by atoms with E-state index < -0.39 is 12.3 Å². The number of thiazole rings is 1. The molecule has 13 heavy (non-hydrogen) atoms. The zero-order chi connectivity index (χ0) is 10.1. The van der Waals surface area contributed by atoms with Crippen molar-refractivity contribution in [2.24, 2.45) is 0 Å². The molecule has 0 N–H and O–H groups in total. The summed E-state index contributed by atoms with van der Waals surface area (Å²) in [5, 5.41) is 0. The molecule has 0 saturated carbocycles. The minimum atomic E-state index is -4.49. The largest absolute Gasteiger partial charge is 0.419 e. The minimum Gasteiger partial charge on any atom is -0.354 e. The number of ether oxygens (including phenoxy) is 1. The Bertz CT molecular complexity index is 284. The van der Waals surface area contributed by atoms with Crippen molar-refractivity contribution >= 4 is 11.3 Å². The standard InChI is InChI=1S/C7H6F3NOS/c1-4-5(13-3-11-4)6(12-2)7(8,9)10/h2-3,6H,1H3. The van der Waals surface area contributed by atoms with Crippen molar-refractivity contribution < 1.29 is 17.9 Å². The van der Waals surface area contributed by atoms with Gasteiger partial charge in [-0.1, -0.05) is 0 Å². The van der Waals surface area contributed by atoms with E-state index in [1.165, 1.54) is 12.4 Å². The summed E-state index contributed by atoms with van der Waals surface area (Å²) in [5.74, 6) is 0. The second kappa shape index (κ2) is 3.63. The van der Waals surface area contributed by atoms with Gasteiger partial charge in [0.15, 0.2) is 6.10 Å². The molecule has 1 aromatic rings. The lowest BCUT2D eigenvalue weighted by Gasteiger charge is -2.16. The average Bonchev–Trinajstić information content (AvgIpc) is 2.35. The Labute approximate surface area is 77.4 Å². The molecular weight excluding hydrogens is 203 g/mol. The molecule has 0 aliphatic heterocycles. The maximum absolute atomic E-state index is 12.2. The van der Waals surface area contributed by atoms with Crippen molar-refractivity contribution in [1.29, 1.82) is 0 Å². The van der Waals surface area contributed by atoms with Gasteiger partial charge >= 0.3 is 6.18 Å². The first-order valence-corrected chi connectivity index (χ1v) is 4.17. The molecule has 1 unspecified atom stereocenters. The zero-order valence-corrected chi connectivity index (χ0v) is 7.45. The number of halogens is 3. The SMILES string of the molecule is [CH]OC(c1scnc1C)C(F)(F)F. The smallest absolute Gasteiger partial charge is 0.354 e. The normalized spacial score (nSPS) is 14.5. The maximum Gasteiger partial charge on any atom is 0.419 e. The molecule has 0 spiro atoms. The lowest BCUT2D eigenvalue weighted by Crippen LogP contribution is -2.21. The molecule has 0 bridgehead atoms. The fourth-order valence-corrected chi connectivity index (χ4v) is 1.71. The van der Waals surface area contributed by atoms with Crippen LogP contribution in [0.15, 0.2) is 5.51 Å². The topological polar surface area (TPSA) is 22.1 Å². The first-order valence-electron chi connectivity index (χ1n) is 3.29. The number of hydrogen-bond acceptors (Lipinski definition) is 3. The van der Waals surface area contributed by atoms with Gasteiger partial charge in [0.05, 0.1) is 16.1 Å². The number of aromatic nitrogens is 1. The number of alkyl halides is 3. The van der Waals surface area contributed by atoms with E-state index in [9.17, 15) is 13.2 Å². The monoisotopic (exact) mass is 209 g/mol. The van der Waals surface area contributed by atoms with E-state index in [-0.39, 0.29) is 10.6 Å². The van der Waals surface area contributed by atoms with Gasteiger partial charge in [-0.15, -0.1) is 11.3 Å². The summed E-state index contributed by atoms with van der Waals surface area (Å²) in [4.78, 5) is 3.68. The third-order valence-corrected chi connectivity index (χ3v) is 2.43. The van der Waals surface area contributed by atoms with Crippen molar-refractivity contribution in [2.45, 2.75) is 19.2 Å². The number of aryl methyl sites for hydroxylation is 1. The van der Waals surface area contributed by atoms with Crippen molar-refractivity contribution in [3.05, 3.63) is 23.2 Å².